The molecule has 0 N–H and O–H groups in total. The molecule has 0 saturated heterocycles. The molecule has 18 aromatic rings. The van der Waals surface area contributed by atoms with Gasteiger partial charge < -0.3 is 0 Å². The van der Waals surface area contributed by atoms with Crippen molar-refractivity contribution in [2.45, 2.75) is 52.4 Å². The first kappa shape index (κ1) is 61.9. The molecule has 2 aliphatic rings. The van der Waals surface area contributed by atoms with Crippen LogP contribution in [0.25, 0.3) is 130 Å². The molecule has 3 aromatic heterocycles. The van der Waals surface area contributed by atoms with E-state index in [-0.39, 0.29) is 32.0 Å². The standard InChI is InChI=1S/C98H73BN4Se/c1-97(2,3)68-56-77(62-29-11-7-12-30-62)95(78(57-68)63-31-13-8-14-32-63)102-88-60-70(100-84-42-24-19-37-72(84)73-38-20-25-43-85(73)100)48-50-82(88)99-83-51-49-71(101-86-44-26-21-39-74(86)75-40-22-27-45-87(75)101)61-89(83)103(91-55-67(54-90(102)94(91)99)66-47-52-93-81(53-66)76-41-23-28-46-92(76)104-93)96-79(64-33-15-9-16-34-64)58-69(98(4,5)6)59-80(96)65-35-17-10-18-36-65/h7-61H,1-6H3. The Morgan fingerprint density at radius 1 is 0.260 bits per heavy atom. The maximum absolute atomic E-state index is 2.74. The summed E-state index contributed by atoms with van der Waals surface area (Å²) in [4.78, 5) is 5.48. The molecule has 0 fully saturated rings. The van der Waals surface area contributed by atoms with Crippen LogP contribution in [0.5, 0.6) is 0 Å². The first-order chi connectivity index (χ1) is 50.9. The predicted octanol–water partition coefficient (Wildman–Crippen LogP) is 24.3. The van der Waals surface area contributed by atoms with Crippen molar-refractivity contribution in [2.75, 3.05) is 9.80 Å². The molecule has 0 spiro atoms. The zero-order valence-electron chi connectivity index (χ0n) is 59.0. The molecule has 20 rings (SSSR count). The second-order valence-corrected chi connectivity index (χ2v) is 32.6. The molecule has 0 aliphatic carbocycles. The number of anilines is 6. The van der Waals surface area contributed by atoms with Crippen molar-refractivity contribution in [3.63, 3.8) is 0 Å². The van der Waals surface area contributed by atoms with Gasteiger partial charge in [0.2, 0.25) is 0 Å². The van der Waals surface area contributed by atoms with E-state index in [1.165, 1.54) is 118 Å². The molecule has 494 valence electrons. The third-order valence-electron chi connectivity index (χ3n) is 22.2. The van der Waals surface area contributed by atoms with Crippen molar-refractivity contribution in [1.82, 2.24) is 9.13 Å². The topological polar surface area (TPSA) is 16.3 Å². The van der Waals surface area contributed by atoms with Gasteiger partial charge in [-0.1, -0.05) is 187 Å². The van der Waals surface area contributed by atoms with Crippen molar-refractivity contribution in [3.05, 3.63) is 345 Å². The van der Waals surface area contributed by atoms with Gasteiger partial charge in [0.1, 0.15) is 0 Å². The van der Waals surface area contributed by atoms with E-state index >= 15 is 0 Å². The Bertz CT molecular complexity index is 5940. The van der Waals surface area contributed by atoms with Crippen LogP contribution in [0.4, 0.5) is 34.1 Å². The second kappa shape index (κ2) is 23.8. The minimum atomic E-state index is -0.260. The Morgan fingerprint density at radius 2 is 0.596 bits per heavy atom. The first-order valence-electron chi connectivity index (χ1n) is 36.4. The van der Waals surface area contributed by atoms with Crippen molar-refractivity contribution in [1.29, 1.82) is 0 Å². The molecule has 4 nitrogen and oxygen atoms in total. The SMILES string of the molecule is CC(C)(C)c1cc(-c2ccccc2)c(N2c3cc(-n4c5ccccc5c5ccccc54)ccc3B3c4ccc(-n5c6ccccc6c6ccccc65)cc4N(c4c(-c5ccccc5)cc(C(C)(C)C)cc4-c4ccccc4)c4cc(-c5ccc6[se]c7ccccc7c6c5)cc2c43)c(-c2ccccc2)c1. The van der Waals surface area contributed by atoms with E-state index in [1.54, 1.807) is 0 Å². The van der Waals surface area contributed by atoms with Gasteiger partial charge in [0.25, 0.3) is 0 Å². The Labute approximate surface area is 613 Å². The fraction of sp³-hybridized carbons (Fsp3) is 0.0816. The molecule has 15 aromatic carbocycles. The number of hydrogen-bond donors (Lipinski definition) is 0. The molecule has 2 aliphatic heterocycles. The van der Waals surface area contributed by atoms with E-state index in [2.05, 4.69) is 394 Å². The molecule has 6 heteroatoms. The van der Waals surface area contributed by atoms with Gasteiger partial charge in [0.05, 0.1) is 22.1 Å². The predicted molar refractivity (Wildman–Crippen MR) is 446 cm³/mol. The van der Waals surface area contributed by atoms with E-state index < -0.39 is 0 Å². The zero-order chi connectivity index (χ0) is 69.7. The third-order valence-corrected chi connectivity index (χ3v) is 24.6. The van der Waals surface area contributed by atoms with Crippen molar-refractivity contribution < 1.29 is 0 Å². The van der Waals surface area contributed by atoms with Crippen LogP contribution >= 0.6 is 0 Å². The number of aromatic nitrogens is 2. The summed E-state index contributed by atoms with van der Waals surface area (Å²) in [6, 6.07) is 127. The van der Waals surface area contributed by atoms with Gasteiger partial charge in [0.15, 0.2) is 0 Å². The molecule has 0 bridgehead atoms. The van der Waals surface area contributed by atoms with Gasteiger partial charge in [-0.2, -0.15) is 0 Å². The Morgan fingerprint density at radius 3 is 0.971 bits per heavy atom. The number of fused-ring (bicyclic) bond motifs is 13. The van der Waals surface area contributed by atoms with Crippen LogP contribution < -0.4 is 26.2 Å². The molecular formula is C98H73BN4Se. The summed E-state index contributed by atoms with van der Waals surface area (Å²) in [7, 11) is 0. The van der Waals surface area contributed by atoms with Crippen LogP contribution in [0.3, 0.4) is 0 Å². The minimum absolute atomic E-state index is 0.185. The Kier molecular flexibility index (Phi) is 14.2. The van der Waals surface area contributed by atoms with Crippen LogP contribution in [0.1, 0.15) is 52.7 Å². The third kappa shape index (κ3) is 9.80. The molecule has 0 radical (unpaired) electrons. The quantitative estimate of drug-likeness (QED) is 0.134. The van der Waals surface area contributed by atoms with Gasteiger partial charge in [-0.25, -0.2) is 0 Å². The van der Waals surface area contributed by atoms with E-state index in [0.717, 1.165) is 73.3 Å². The van der Waals surface area contributed by atoms with E-state index in [0.29, 0.717) is 0 Å². The Balaban J connectivity index is 0.996. The Hall–Kier alpha value is -11.9. The van der Waals surface area contributed by atoms with E-state index in [4.69, 9.17) is 0 Å². The van der Waals surface area contributed by atoms with Crippen LogP contribution in [-0.4, -0.2) is 30.4 Å². The summed E-state index contributed by atoms with van der Waals surface area (Å²) >= 11 is 0.185. The molecule has 0 unspecified atom stereocenters. The molecule has 104 heavy (non-hydrogen) atoms. The summed E-state index contributed by atoms with van der Waals surface area (Å²) in [5.74, 6) is 0. The number of nitrogens with zero attached hydrogens (tertiary/aromatic N) is 4. The summed E-state index contributed by atoms with van der Waals surface area (Å²) in [6.07, 6.45) is 0. The monoisotopic (exact) mass is 1400 g/mol. The molecule has 0 amide bonds. The molecule has 5 heterocycles. The number of para-hydroxylation sites is 4. The van der Waals surface area contributed by atoms with Crippen LogP contribution in [0.15, 0.2) is 334 Å². The van der Waals surface area contributed by atoms with Crippen molar-refractivity contribution in [2.24, 2.45) is 0 Å². The fourth-order valence-corrected chi connectivity index (χ4v) is 19.4. The van der Waals surface area contributed by atoms with Crippen LogP contribution in [0, 0.1) is 0 Å². The summed E-state index contributed by atoms with van der Waals surface area (Å²) < 4.78 is 7.87. The average Bonchev–Trinajstić information content (AvgIpc) is 0.775. The molecule has 0 atom stereocenters. The van der Waals surface area contributed by atoms with Gasteiger partial charge >= 0.3 is 352 Å². The molecular weight excluding hydrogens is 1320 g/mol. The zero-order valence-corrected chi connectivity index (χ0v) is 60.7. The van der Waals surface area contributed by atoms with E-state index in [9.17, 15) is 0 Å². The van der Waals surface area contributed by atoms with Crippen molar-refractivity contribution in [3.8, 4) is 67.0 Å². The number of hydrogen-bond acceptors (Lipinski definition) is 2. The molecule has 0 saturated carbocycles. The maximum atomic E-state index is 2.74. The second-order valence-electron chi connectivity index (χ2n) is 30.4. The summed E-state index contributed by atoms with van der Waals surface area (Å²) in [6.45, 7) is 13.9. The fourth-order valence-electron chi connectivity index (χ4n) is 17.2. The summed E-state index contributed by atoms with van der Waals surface area (Å²) in [5.41, 5.74) is 31.1. The normalized spacial score (nSPS) is 12.8. The van der Waals surface area contributed by atoms with Gasteiger partial charge in [0, 0.05) is 21.5 Å². The average molecular weight is 1400 g/mol. The first-order valence-corrected chi connectivity index (χ1v) is 38.1. The van der Waals surface area contributed by atoms with Crippen molar-refractivity contribution >= 4 is 135 Å². The van der Waals surface area contributed by atoms with Crippen LogP contribution in [0.2, 0.25) is 0 Å². The van der Waals surface area contributed by atoms with Gasteiger partial charge in [-0.3, -0.25) is 0 Å². The number of benzene rings is 15. The van der Waals surface area contributed by atoms with Gasteiger partial charge in [-0.05, 0) is 35.1 Å². The van der Waals surface area contributed by atoms with Gasteiger partial charge in [-0.15, -0.1) is 0 Å². The summed E-state index contributed by atoms with van der Waals surface area (Å²) in [5, 5.41) is 7.57. The number of rotatable bonds is 9. The van der Waals surface area contributed by atoms with Crippen LogP contribution in [-0.2, 0) is 10.8 Å². The van der Waals surface area contributed by atoms with E-state index in [1.807, 2.05) is 0 Å².